The van der Waals surface area contributed by atoms with Crippen LogP contribution in [0.15, 0.2) is 42.5 Å². The zero-order chi connectivity index (χ0) is 27.9. The normalized spacial score (nSPS) is 20.0. The fraction of sp³-hybridized carbons (Fsp3) is 0.452. The number of piperidine rings is 1. The highest BCUT2D eigenvalue weighted by atomic mass is 16.7. The van der Waals surface area contributed by atoms with Crippen LogP contribution in [0.5, 0.6) is 5.75 Å². The topological polar surface area (TPSA) is 89.6 Å². The molecule has 1 fully saturated rings. The third kappa shape index (κ3) is 5.71. The first-order valence-electron chi connectivity index (χ1n) is 13.6. The molecule has 0 saturated carbocycles. The van der Waals surface area contributed by atoms with Crippen molar-refractivity contribution in [3.63, 3.8) is 0 Å². The van der Waals surface area contributed by atoms with E-state index < -0.39 is 5.60 Å². The third-order valence-corrected chi connectivity index (χ3v) is 7.25. The largest absolute Gasteiger partial charge is 0.467 e. The van der Waals surface area contributed by atoms with Crippen molar-refractivity contribution in [3.05, 3.63) is 53.9 Å². The molecule has 1 aromatic carbocycles. The van der Waals surface area contributed by atoms with Crippen molar-refractivity contribution in [2.75, 3.05) is 13.9 Å². The van der Waals surface area contributed by atoms with E-state index in [-0.39, 0.29) is 30.9 Å². The van der Waals surface area contributed by atoms with Crippen LogP contribution in [-0.4, -0.2) is 57.5 Å². The van der Waals surface area contributed by atoms with Crippen LogP contribution in [0.3, 0.4) is 0 Å². The SMILES string of the molecule is COCOc1cc2[nH]c(C)cc2cc1-c1ccc2nc(C3CC(C)N(C(=O)OC(C)(C)C)C(C)C3)ccc2n1. The Kier molecular flexibility index (Phi) is 7.25. The Labute approximate surface area is 229 Å². The summed E-state index contributed by atoms with van der Waals surface area (Å²) in [5.41, 5.74) is 6.02. The van der Waals surface area contributed by atoms with Gasteiger partial charge in [-0.2, -0.15) is 0 Å². The molecule has 39 heavy (non-hydrogen) atoms. The predicted octanol–water partition coefficient (Wildman–Crippen LogP) is 6.96. The first kappa shape index (κ1) is 26.9. The number of pyridine rings is 2. The summed E-state index contributed by atoms with van der Waals surface area (Å²) in [4.78, 5) is 28.0. The first-order chi connectivity index (χ1) is 18.5. The van der Waals surface area contributed by atoms with Gasteiger partial charge in [-0.25, -0.2) is 9.78 Å². The molecule has 5 rings (SSSR count). The third-order valence-electron chi connectivity index (χ3n) is 7.25. The number of fused-ring (bicyclic) bond motifs is 2. The minimum Gasteiger partial charge on any atom is -0.467 e. The number of likely N-dealkylation sites (tertiary alicyclic amines) is 1. The molecule has 1 aliphatic heterocycles. The van der Waals surface area contributed by atoms with Gasteiger partial charge >= 0.3 is 6.09 Å². The summed E-state index contributed by atoms with van der Waals surface area (Å²) in [7, 11) is 1.61. The lowest BCUT2D eigenvalue weighted by atomic mass is 9.85. The van der Waals surface area contributed by atoms with Crippen molar-refractivity contribution in [1.29, 1.82) is 0 Å². The quantitative estimate of drug-likeness (QED) is 0.281. The molecule has 0 radical (unpaired) electrons. The van der Waals surface area contributed by atoms with Crippen molar-refractivity contribution in [1.82, 2.24) is 19.9 Å². The van der Waals surface area contributed by atoms with Gasteiger partial charge in [0.25, 0.3) is 0 Å². The molecule has 3 aromatic heterocycles. The Morgan fingerprint density at radius 2 is 1.72 bits per heavy atom. The summed E-state index contributed by atoms with van der Waals surface area (Å²) in [6, 6.07) is 14.5. The molecule has 8 heteroatoms. The average Bonchev–Trinajstić information content (AvgIpc) is 3.23. The summed E-state index contributed by atoms with van der Waals surface area (Å²) in [6.07, 6.45) is 1.43. The van der Waals surface area contributed by atoms with E-state index in [9.17, 15) is 4.79 Å². The average molecular weight is 531 g/mol. The zero-order valence-electron chi connectivity index (χ0n) is 23.9. The lowest BCUT2D eigenvalue weighted by Gasteiger charge is -2.42. The van der Waals surface area contributed by atoms with E-state index in [1.54, 1.807) is 7.11 Å². The Hall–Kier alpha value is -3.65. The van der Waals surface area contributed by atoms with Crippen molar-refractivity contribution < 1.29 is 19.0 Å². The standard InChI is InChI=1S/C31H38N4O4/c1-18-12-21-15-23(29(38-17-37-7)16-28(21)32-18)25-9-11-26-27(34-25)10-8-24(33-26)22-13-19(2)35(20(3)14-22)30(36)39-31(4,5)6/h8-12,15-16,19-20,22,32H,13-14,17H2,1-7H3. The molecular weight excluding hydrogens is 492 g/mol. The monoisotopic (exact) mass is 530 g/mol. The number of rotatable bonds is 5. The van der Waals surface area contributed by atoms with E-state index >= 15 is 0 Å². The maximum atomic E-state index is 12.8. The van der Waals surface area contributed by atoms with Gasteiger partial charge in [-0.05, 0) is 90.8 Å². The maximum absolute atomic E-state index is 12.8. The molecule has 206 valence electrons. The molecule has 0 spiro atoms. The summed E-state index contributed by atoms with van der Waals surface area (Å²) < 4.78 is 16.7. The molecule has 0 aliphatic carbocycles. The molecule has 1 amide bonds. The van der Waals surface area contributed by atoms with Gasteiger partial charge in [0.15, 0.2) is 6.79 Å². The molecule has 0 bridgehead atoms. The number of benzene rings is 1. The smallest absolute Gasteiger partial charge is 0.410 e. The van der Waals surface area contributed by atoms with E-state index in [2.05, 4.69) is 37.0 Å². The minimum absolute atomic E-state index is 0.0594. The predicted molar refractivity (Wildman–Crippen MR) is 153 cm³/mol. The number of aromatic nitrogens is 3. The molecule has 2 atom stereocenters. The molecule has 1 saturated heterocycles. The minimum atomic E-state index is -0.512. The van der Waals surface area contributed by atoms with Crippen LogP contribution in [0.4, 0.5) is 4.79 Å². The highest BCUT2D eigenvalue weighted by molar-refractivity contribution is 5.90. The van der Waals surface area contributed by atoms with Gasteiger partial charge in [0.2, 0.25) is 0 Å². The zero-order valence-corrected chi connectivity index (χ0v) is 23.9. The summed E-state index contributed by atoms with van der Waals surface area (Å²) in [5, 5.41) is 1.10. The van der Waals surface area contributed by atoms with Gasteiger partial charge in [-0.15, -0.1) is 0 Å². The number of hydrogen-bond donors (Lipinski definition) is 1. The molecule has 4 heterocycles. The van der Waals surface area contributed by atoms with Crippen molar-refractivity contribution in [2.45, 2.75) is 78.0 Å². The highest BCUT2D eigenvalue weighted by Gasteiger charge is 2.37. The van der Waals surface area contributed by atoms with Gasteiger partial charge in [-0.1, -0.05) is 0 Å². The van der Waals surface area contributed by atoms with Crippen LogP contribution in [-0.2, 0) is 9.47 Å². The number of H-pyrrole nitrogens is 1. The summed E-state index contributed by atoms with van der Waals surface area (Å²) in [5.74, 6) is 0.966. The lowest BCUT2D eigenvalue weighted by molar-refractivity contribution is -0.00272. The second-order valence-corrected chi connectivity index (χ2v) is 11.7. The van der Waals surface area contributed by atoms with Gasteiger partial charge in [0.1, 0.15) is 11.4 Å². The Balaban J connectivity index is 1.41. The number of ether oxygens (including phenoxy) is 3. The van der Waals surface area contributed by atoms with Crippen LogP contribution >= 0.6 is 0 Å². The van der Waals surface area contributed by atoms with Crippen molar-refractivity contribution in [3.8, 4) is 17.0 Å². The van der Waals surface area contributed by atoms with Crippen LogP contribution in [0.2, 0.25) is 0 Å². The summed E-state index contributed by atoms with van der Waals surface area (Å²) in [6.45, 7) is 12.1. The molecule has 2 unspecified atom stereocenters. The number of carbonyl (C=O) groups excluding carboxylic acids is 1. The molecule has 4 aromatic rings. The van der Waals surface area contributed by atoms with Crippen molar-refractivity contribution in [2.24, 2.45) is 0 Å². The van der Waals surface area contributed by atoms with Gasteiger partial charge in [-0.3, -0.25) is 4.98 Å². The van der Waals surface area contributed by atoms with Crippen LogP contribution in [0, 0.1) is 6.92 Å². The van der Waals surface area contributed by atoms with Crippen LogP contribution in [0.1, 0.15) is 64.8 Å². The highest BCUT2D eigenvalue weighted by Crippen LogP contribution is 2.37. The van der Waals surface area contributed by atoms with Gasteiger partial charge < -0.3 is 24.1 Å². The number of methoxy groups -OCH3 is 1. The fourth-order valence-electron chi connectivity index (χ4n) is 5.65. The number of hydrogen-bond acceptors (Lipinski definition) is 6. The van der Waals surface area contributed by atoms with Gasteiger partial charge in [0.05, 0.1) is 16.7 Å². The number of nitrogens with zero attached hydrogens (tertiary/aromatic N) is 3. The Morgan fingerprint density at radius 3 is 2.41 bits per heavy atom. The molecule has 1 aliphatic rings. The van der Waals surface area contributed by atoms with E-state index in [0.717, 1.165) is 57.4 Å². The van der Waals surface area contributed by atoms with Crippen molar-refractivity contribution >= 4 is 28.0 Å². The van der Waals surface area contributed by atoms with E-state index in [0.29, 0.717) is 5.75 Å². The second kappa shape index (κ2) is 10.5. The second-order valence-electron chi connectivity index (χ2n) is 11.7. The maximum Gasteiger partial charge on any atom is 0.410 e. The number of nitrogens with one attached hydrogen (secondary N) is 1. The van der Waals surface area contributed by atoms with Crippen LogP contribution < -0.4 is 4.74 Å². The first-order valence-corrected chi connectivity index (χ1v) is 13.6. The molecule has 8 nitrogen and oxygen atoms in total. The summed E-state index contributed by atoms with van der Waals surface area (Å²) >= 11 is 0. The number of aryl methyl sites for hydroxylation is 1. The molecular formula is C31H38N4O4. The van der Waals surface area contributed by atoms with E-state index in [1.807, 2.05) is 56.9 Å². The van der Waals surface area contributed by atoms with Gasteiger partial charge in [0, 0.05) is 59.0 Å². The number of aromatic amines is 1. The molecule has 1 N–H and O–H groups in total. The van der Waals surface area contributed by atoms with E-state index in [4.69, 9.17) is 24.2 Å². The number of amides is 1. The number of carbonyl (C=O) groups is 1. The van der Waals surface area contributed by atoms with E-state index in [1.165, 1.54) is 0 Å². The Bertz CT molecular complexity index is 1490. The van der Waals surface area contributed by atoms with Crippen LogP contribution in [0.25, 0.3) is 33.2 Å². The lowest BCUT2D eigenvalue weighted by Crippen LogP contribution is -2.51. The fourth-order valence-corrected chi connectivity index (χ4v) is 5.65. The Morgan fingerprint density at radius 1 is 1.03 bits per heavy atom.